The molecule has 3 aromatic carbocycles. The molecule has 1 aliphatic heterocycles. The number of hydrogen-bond donors (Lipinski definition) is 0. The lowest BCUT2D eigenvalue weighted by Gasteiger charge is -2.36. The highest BCUT2D eigenvalue weighted by Gasteiger charge is 2.26. The Morgan fingerprint density at radius 1 is 0.889 bits per heavy atom. The number of Topliss-reactive ketones (excluding diaryl/α,β-unsaturated/α-hetero) is 1. The van der Waals surface area contributed by atoms with Crippen molar-refractivity contribution in [1.82, 2.24) is 4.90 Å². The number of halogens is 3. The molecule has 1 fully saturated rings. The van der Waals surface area contributed by atoms with Gasteiger partial charge in [0, 0.05) is 43.7 Å². The van der Waals surface area contributed by atoms with Gasteiger partial charge >= 0.3 is 0 Å². The fraction of sp³-hybridized carbons (Fsp3) is 0.231. The molecule has 188 valence electrons. The number of sulfone groups is 1. The lowest BCUT2D eigenvalue weighted by Crippen LogP contribution is -2.49. The van der Waals surface area contributed by atoms with Gasteiger partial charge in [-0.05, 0) is 54.4 Å². The Kier molecular flexibility index (Phi) is 7.41. The molecular formula is C26H23Cl2FN2O4S. The summed E-state index contributed by atoms with van der Waals surface area (Å²) in [6, 6.07) is 13.5. The topological polar surface area (TPSA) is 74.8 Å². The van der Waals surface area contributed by atoms with E-state index in [1.54, 1.807) is 35.2 Å². The molecule has 1 aliphatic rings. The first-order valence-corrected chi connectivity index (χ1v) is 13.7. The fourth-order valence-corrected chi connectivity index (χ4v) is 5.62. The van der Waals surface area contributed by atoms with Crippen molar-refractivity contribution in [2.24, 2.45) is 0 Å². The maximum Gasteiger partial charge on any atom is 0.254 e. The van der Waals surface area contributed by atoms with Gasteiger partial charge in [-0.3, -0.25) is 9.59 Å². The number of hydrogen-bond acceptors (Lipinski definition) is 5. The number of ketones is 1. The number of amides is 1. The second kappa shape index (κ2) is 10.2. The van der Waals surface area contributed by atoms with Crippen LogP contribution < -0.4 is 4.90 Å². The second-order valence-electron chi connectivity index (χ2n) is 8.61. The average Bonchev–Trinajstić information content (AvgIpc) is 2.82. The molecule has 1 amide bonds. The molecule has 0 bridgehead atoms. The van der Waals surface area contributed by atoms with Gasteiger partial charge in [-0.25, -0.2) is 12.8 Å². The lowest BCUT2D eigenvalue weighted by atomic mass is 9.98. The SMILES string of the molecule is CC(=O)c1c(Cl)cc(N2CCN(C(=O)c3cc(S(C)(=O)=O)ccc3-c3ccc(F)cc3)CC2)cc1Cl. The first-order valence-electron chi connectivity index (χ1n) is 11.1. The molecule has 0 atom stereocenters. The van der Waals surface area contributed by atoms with E-state index in [1.807, 2.05) is 4.90 Å². The summed E-state index contributed by atoms with van der Waals surface area (Å²) < 4.78 is 37.8. The third-order valence-electron chi connectivity index (χ3n) is 6.12. The summed E-state index contributed by atoms with van der Waals surface area (Å²) in [6.45, 7) is 3.10. The quantitative estimate of drug-likeness (QED) is 0.401. The molecule has 0 N–H and O–H groups in total. The monoisotopic (exact) mass is 548 g/mol. The highest BCUT2D eigenvalue weighted by atomic mass is 35.5. The molecule has 6 nitrogen and oxygen atoms in total. The van der Waals surface area contributed by atoms with Gasteiger partial charge in [-0.2, -0.15) is 0 Å². The van der Waals surface area contributed by atoms with Crippen molar-refractivity contribution >= 4 is 50.4 Å². The van der Waals surface area contributed by atoms with E-state index in [9.17, 15) is 22.4 Å². The van der Waals surface area contributed by atoms with Crippen LogP contribution in [0.5, 0.6) is 0 Å². The van der Waals surface area contributed by atoms with Crippen LogP contribution in [0.1, 0.15) is 27.6 Å². The Bertz CT molecular complexity index is 1430. The van der Waals surface area contributed by atoms with Crippen molar-refractivity contribution in [2.75, 3.05) is 37.3 Å². The summed E-state index contributed by atoms with van der Waals surface area (Å²) in [7, 11) is -3.55. The van der Waals surface area contributed by atoms with Crippen LogP contribution in [0.25, 0.3) is 11.1 Å². The van der Waals surface area contributed by atoms with E-state index in [1.165, 1.54) is 31.2 Å². The zero-order chi connectivity index (χ0) is 26.2. The molecule has 0 spiro atoms. The predicted octanol–water partition coefficient (Wildman–Crippen LogP) is 5.37. The molecule has 3 aromatic rings. The van der Waals surface area contributed by atoms with Crippen LogP contribution in [-0.2, 0) is 9.84 Å². The number of carbonyl (C=O) groups excluding carboxylic acids is 2. The molecule has 0 aromatic heterocycles. The van der Waals surface area contributed by atoms with Gasteiger partial charge in [-0.15, -0.1) is 0 Å². The van der Waals surface area contributed by atoms with Crippen molar-refractivity contribution in [3.05, 3.63) is 81.6 Å². The van der Waals surface area contributed by atoms with Crippen molar-refractivity contribution in [3.8, 4) is 11.1 Å². The van der Waals surface area contributed by atoms with E-state index in [4.69, 9.17) is 23.2 Å². The molecule has 36 heavy (non-hydrogen) atoms. The molecule has 4 rings (SSSR count). The Morgan fingerprint density at radius 2 is 1.47 bits per heavy atom. The van der Waals surface area contributed by atoms with Crippen molar-refractivity contribution in [2.45, 2.75) is 11.8 Å². The number of nitrogens with zero attached hydrogens (tertiary/aromatic N) is 2. The van der Waals surface area contributed by atoms with Crippen LogP contribution in [-0.4, -0.2) is 57.4 Å². The zero-order valence-electron chi connectivity index (χ0n) is 19.6. The van der Waals surface area contributed by atoms with Gasteiger partial charge in [0.05, 0.1) is 20.5 Å². The summed E-state index contributed by atoms with van der Waals surface area (Å²) in [5.41, 5.74) is 2.37. The third-order valence-corrected chi connectivity index (χ3v) is 7.82. The molecular weight excluding hydrogens is 526 g/mol. The second-order valence-corrected chi connectivity index (χ2v) is 11.4. The number of piperazine rings is 1. The van der Waals surface area contributed by atoms with E-state index >= 15 is 0 Å². The Labute approximate surface area is 219 Å². The van der Waals surface area contributed by atoms with Crippen LogP contribution >= 0.6 is 23.2 Å². The van der Waals surface area contributed by atoms with Gasteiger partial charge in [0.15, 0.2) is 15.6 Å². The summed E-state index contributed by atoms with van der Waals surface area (Å²) in [5, 5.41) is 0.537. The van der Waals surface area contributed by atoms with Crippen molar-refractivity contribution in [3.63, 3.8) is 0 Å². The van der Waals surface area contributed by atoms with Crippen molar-refractivity contribution in [1.29, 1.82) is 0 Å². The van der Waals surface area contributed by atoms with Crippen LogP contribution in [0.2, 0.25) is 10.0 Å². The first-order chi connectivity index (χ1) is 17.0. The Morgan fingerprint density at radius 3 is 2.00 bits per heavy atom. The fourth-order valence-electron chi connectivity index (χ4n) is 4.23. The van der Waals surface area contributed by atoms with E-state index < -0.39 is 15.7 Å². The predicted molar refractivity (Wildman–Crippen MR) is 140 cm³/mol. The molecule has 0 unspecified atom stereocenters. The number of rotatable bonds is 5. The molecule has 0 saturated carbocycles. The van der Waals surface area contributed by atoms with E-state index in [2.05, 4.69) is 0 Å². The third kappa shape index (κ3) is 5.40. The highest BCUT2D eigenvalue weighted by Crippen LogP contribution is 2.32. The van der Waals surface area contributed by atoms with Gasteiger partial charge in [0.2, 0.25) is 0 Å². The van der Waals surface area contributed by atoms with Crippen LogP contribution in [0, 0.1) is 5.82 Å². The van der Waals surface area contributed by atoms with Gasteiger partial charge < -0.3 is 9.80 Å². The number of anilines is 1. The minimum absolute atomic E-state index is 0.0326. The summed E-state index contributed by atoms with van der Waals surface area (Å²) >= 11 is 12.6. The standard InChI is InChI=1S/C26H23Cl2FN2O4S/c1-16(32)25-23(27)13-19(14-24(25)28)30-9-11-31(12-10-30)26(33)22-15-20(36(2,34)35)7-8-21(22)17-3-5-18(29)6-4-17/h3-8,13-15H,9-12H2,1-2H3. The van der Waals surface area contributed by atoms with Crippen LogP contribution in [0.3, 0.4) is 0 Å². The van der Waals surface area contributed by atoms with Crippen LogP contribution in [0.4, 0.5) is 10.1 Å². The van der Waals surface area contributed by atoms with Gasteiger partial charge in [-0.1, -0.05) is 41.4 Å². The van der Waals surface area contributed by atoms with Crippen molar-refractivity contribution < 1.29 is 22.4 Å². The first kappa shape index (κ1) is 26.1. The largest absolute Gasteiger partial charge is 0.368 e. The van der Waals surface area contributed by atoms with Gasteiger partial charge in [0.1, 0.15) is 5.82 Å². The summed E-state index contributed by atoms with van der Waals surface area (Å²) in [5.74, 6) is -0.949. The maximum atomic E-state index is 13.6. The molecule has 0 aliphatic carbocycles. The maximum absolute atomic E-state index is 13.6. The normalized spacial score (nSPS) is 14.1. The molecule has 1 heterocycles. The zero-order valence-corrected chi connectivity index (χ0v) is 21.9. The van der Waals surface area contributed by atoms with E-state index in [0.717, 1.165) is 11.9 Å². The Balaban J connectivity index is 1.60. The number of benzene rings is 3. The molecule has 10 heteroatoms. The smallest absolute Gasteiger partial charge is 0.254 e. The molecule has 1 saturated heterocycles. The van der Waals surface area contributed by atoms with E-state index in [-0.39, 0.29) is 37.8 Å². The summed E-state index contributed by atoms with van der Waals surface area (Å²) in [6.07, 6.45) is 1.08. The number of carbonyl (C=O) groups is 2. The Hall–Kier alpha value is -2.94. The van der Waals surface area contributed by atoms with Crippen LogP contribution in [0.15, 0.2) is 59.5 Å². The minimum atomic E-state index is -3.55. The van der Waals surface area contributed by atoms with E-state index in [0.29, 0.717) is 37.3 Å². The molecule has 0 radical (unpaired) electrons. The lowest BCUT2D eigenvalue weighted by molar-refractivity contribution is 0.0747. The highest BCUT2D eigenvalue weighted by molar-refractivity contribution is 7.90. The summed E-state index contributed by atoms with van der Waals surface area (Å²) in [4.78, 5) is 29.0. The van der Waals surface area contributed by atoms with Gasteiger partial charge in [0.25, 0.3) is 5.91 Å². The minimum Gasteiger partial charge on any atom is -0.368 e. The average molecular weight is 549 g/mol.